The zero-order chi connectivity index (χ0) is 13.8. The van der Waals surface area contributed by atoms with Crippen LogP contribution >= 0.6 is 11.8 Å². The molecular formula is C13H13NO4S. The largest absolute Gasteiger partial charge is 0.481 e. The highest BCUT2D eigenvalue weighted by Crippen LogP contribution is 2.22. The van der Waals surface area contributed by atoms with E-state index >= 15 is 0 Å². The summed E-state index contributed by atoms with van der Waals surface area (Å²) in [6.07, 6.45) is 0.0901. The molecular weight excluding hydrogens is 266 g/mol. The first kappa shape index (κ1) is 13.6. The number of amides is 2. The third-order valence-corrected chi connectivity index (χ3v) is 3.76. The number of rotatable bonds is 6. The lowest BCUT2D eigenvalue weighted by Crippen LogP contribution is -2.31. The summed E-state index contributed by atoms with van der Waals surface area (Å²) in [6, 6.07) is 6.75. The summed E-state index contributed by atoms with van der Waals surface area (Å²) in [5.41, 5.74) is 0.895. The predicted octanol–water partition coefficient (Wildman–Crippen LogP) is 1.49. The van der Waals surface area contributed by atoms with Crippen LogP contribution in [0.2, 0.25) is 0 Å². The number of aliphatic carboxylic acids is 1. The van der Waals surface area contributed by atoms with Crippen molar-refractivity contribution >= 4 is 29.5 Å². The van der Waals surface area contributed by atoms with Crippen molar-refractivity contribution in [2.45, 2.75) is 6.42 Å². The van der Waals surface area contributed by atoms with Crippen LogP contribution in [0.4, 0.5) is 0 Å². The van der Waals surface area contributed by atoms with Gasteiger partial charge in [-0.05, 0) is 12.1 Å². The molecule has 1 N–H and O–H groups in total. The number of carboxylic acid groups (broad SMARTS) is 1. The molecule has 19 heavy (non-hydrogen) atoms. The average molecular weight is 279 g/mol. The highest BCUT2D eigenvalue weighted by atomic mass is 32.2. The predicted molar refractivity (Wildman–Crippen MR) is 71.4 cm³/mol. The first-order valence-corrected chi connectivity index (χ1v) is 7.01. The van der Waals surface area contributed by atoms with Crippen molar-refractivity contribution in [3.63, 3.8) is 0 Å². The minimum atomic E-state index is -0.840. The van der Waals surface area contributed by atoms with Crippen LogP contribution in [0.25, 0.3) is 0 Å². The third-order valence-electron chi connectivity index (χ3n) is 2.80. The van der Waals surface area contributed by atoms with Crippen molar-refractivity contribution < 1.29 is 19.5 Å². The number of fused-ring (bicyclic) bond motifs is 1. The van der Waals surface area contributed by atoms with Gasteiger partial charge in [-0.2, -0.15) is 11.8 Å². The van der Waals surface area contributed by atoms with Gasteiger partial charge in [0.15, 0.2) is 0 Å². The zero-order valence-corrected chi connectivity index (χ0v) is 11.0. The van der Waals surface area contributed by atoms with Crippen LogP contribution in [0.5, 0.6) is 0 Å². The number of imide groups is 1. The monoisotopic (exact) mass is 279 g/mol. The van der Waals surface area contributed by atoms with Gasteiger partial charge >= 0.3 is 5.97 Å². The van der Waals surface area contributed by atoms with Gasteiger partial charge < -0.3 is 5.11 Å². The molecule has 6 heteroatoms. The molecule has 0 saturated carbocycles. The molecule has 5 nitrogen and oxygen atoms in total. The van der Waals surface area contributed by atoms with Gasteiger partial charge in [0.05, 0.1) is 17.5 Å². The molecule has 0 radical (unpaired) electrons. The van der Waals surface area contributed by atoms with E-state index in [9.17, 15) is 14.4 Å². The first-order chi connectivity index (χ1) is 9.11. The summed E-state index contributed by atoms with van der Waals surface area (Å²) in [6.45, 7) is 0.316. The lowest BCUT2D eigenvalue weighted by atomic mass is 10.1. The van der Waals surface area contributed by atoms with Crippen LogP contribution in [0.15, 0.2) is 24.3 Å². The quantitative estimate of drug-likeness (QED) is 0.631. The molecule has 1 aliphatic heterocycles. The highest BCUT2D eigenvalue weighted by Gasteiger charge is 2.34. The van der Waals surface area contributed by atoms with Crippen molar-refractivity contribution in [3.05, 3.63) is 35.4 Å². The fourth-order valence-electron chi connectivity index (χ4n) is 1.86. The lowest BCUT2D eigenvalue weighted by Gasteiger charge is -2.12. The minimum Gasteiger partial charge on any atom is -0.481 e. The molecule has 0 spiro atoms. The van der Waals surface area contributed by atoms with Crippen molar-refractivity contribution in [2.75, 3.05) is 18.1 Å². The molecule has 2 rings (SSSR count). The molecule has 0 unspecified atom stereocenters. The van der Waals surface area contributed by atoms with Gasteiger partial charge in [-0.25, -0.2) is 0 Å². The summed E-state index contributed by atoms with van der Waals surface area (Å²) < 4.78 is 0. The number of carboxylic acids is 1. The molecule has 1 aromatic carbocycles. The molecule has 0 atom stereocenters. The van der Waals surface area contributed by atoms with Gasteiger partial charge in [0.1, 0.15) is 0 Å². The Morgan fingerprint density at radius 3 is 2.21 bits per heavy atom. The number of thioether (sulfide) groups is 1. The second-order valence-corrected chi connectivity index (χ2v) is 5.29. The molecule has 1 heterocycles. The maximum absolute atomic E-state index is 12.0. The van der Waals surface area contributed by atoms with Crippen LogP contribution in [0.3, 0.4) is 0 Å². The number of hydrogen-bond donors (Lipinski definition) is 1. The van der Waals surface area contributed by atoms with E-state index in [0.717, 1.165) is 0 Å². The number of nitrogens with zero attached hydrogens (tertiary/aromatic N) is 1. The van der Waals surface area contributed by atoms with Gasteiger partial charge in [-0.15, -0.1) is 0 Å². The maximum atomic E-state index is 12.0. The topological polar surface area (TPSA) is 74.7 Å². The molecule has 1 aromatic rings. The van der Waals surface area contributed by atoms with Crippen molar-refractivity contribution in [2.24, 2.45) is 0 Å². The normalized spacial score (nSPS) is 13.8. The van der Waals surface area contributed by atoms with Gasteiger partial charge in [-0.1, -0.05) is 12.1 Å². The van der Waals surface area contributed by atoms with Crippen molar-refractivity contribution in [1.29, 1.82) is 0 Å². The molecule has 0 bridgehead atoms. The Morgan fingerprint density at radius 1 is 1.11 bits per heavy atom. The van der Waals surface area contributed by atoms with E-state index in [1.165, 1.54) is 16.7 Å². The molecule has 2 amide bonds. The summed E-state index contributed by atoms with van der Waals surface area (Å²) in [5, 5.41) is 8.49. The van der Waals surface area contributed by atoms with Crippen molar-refractivity contribution in [3.8, 4) is 0 Å². The van der Waals surface area contributed by atoms with Crippen LogP contribution in [-0.2, 0) is 4.79 Å². The summed E-state index contributed by atoms with van der Waals surface area (Å²) in [4.78, 5) is 35.5. The van der Waals surface area contributed by atoms with Crippen LogP contribution in [0, 0.1) is 0 Å². The maximum Gasteiger partial charge on any atom is 0.304 e. The van der Waals surface area contributed by atoms with E-state index in [4.69, 9.17) is 5.11 Å². The molecule has 0 saturated heterocycles. The second kappa shape index (κ2) is 5.88. The van der Waals surface area contributed by atoms with Gasteiger partial charge in [-0.3, -0.25) is 19.3 Å². The number of carbonyl (C=O) groups is 3. The summed E-state index contributed by atoms with van der Waals surface area (Å²) in [5.74, 6) is -0.329. The minimum absolute atomic E-state index is 0.0901. The summed E-state index contributed by atoms with van der Waals surface area (Å²) in [7, 11) is 0. The zero-order valence-electron chi connectivity index (χ0n) is 10.2. The molecule has 0 aromatic heterocycles. The SMILES string of the molecule is O=C(O)CCSCCN1C(=O)c2ccccc2C1=O. The standard InChI is InChI=1S/C13H13NO4S/c15-11(16)5-7-19-8-6-14-12(17)9-3-1-2-4-10(9)13(14)18/h1-4H,5-8H2,(H,15,16). The highest BCUT2D eigenvalue weighted by molar-refractivity contribution is 7.99. The summed E-state index contributed by atoms with van der Waals surface area (Å²) >= 11 is 1.42. The van der Waals surface area contributed by atoms with Crippen LogP contribution in [0.1, 0.15) is 27.1 Å². The fraction of sp³-hybridized carbons (Fsp3) is 0.308. The molecule has 1 aliphatic rings. The number of carbonyl (C=O) groups excluding carboxylic acids is 2. The second-order valence-electron chi connectivity index (χ2n) is 4.06. The van der Waals surface area contributed by atoms with E-state index < -0.39 is 5.97 Å². The van der Waals surface area contributed by atoms with E-state index in [-0.39, 0.29) is 18.2 Å². The Hall–Kier alpha value is -1.82. The van der Waals surface area contributed by atoms with Crippen LogP contribution < -0.4 is 0 Å². The number of hydrogen-bond acceptors (Lipinski definition) is 4. The van der Waals surface area contributed by atoms with Gasteiger partial charge in [0.2, 0.25) is 0 Å². The van der Waals surface area contributed by atoms with E-state index in [1.54, 1.807) is 24.3 Å². The van der Waals surface area contributed by atoms with Crippen molar-refractivity contribution in [1.82, 2.24) is 4.90 Å². The Labute approximate surface area is 114 Å². The Balaban J connectivity index is 1.88. The van der Waals surface area contributed by atoms with E-state index in [1.807, 2.05) is 0 Å². The smallest absolute Gasteiger partial charge is 0.304 e. The van der Waals surface area contributed by atoms with E-state index in [2.05, 4.69) is 0 Å². The Morgan fingerprint density at radius 2 is 1.68 bits per heavy atom. The lowest BCUT2D eigenvalue weighted by molar-refractivity contribution is -0.136. The van der Waals surface area contributed by atoms with Gasteiger partial charge in [0.25, 0.3) is 11.8 Å². The van der Waals surface area contributed by atoms with Gasteiger partial charge in [0, 0.05) is 18.1 Å². The van der Waals surface area contributed by atoms with E-state index in [0.29, 0.717) is 29.2 Å². The van der Waals surface area contributed by atoms with Crippen LogP contribution in [-0.4, -0.2) is 45.8 Å². The number of benzene rings is 1. The Bertz CT molecular complexity index is 494. The fourth-order valence-corrected chi connectivity index (χ4v) is 2.69. The molecule has 0 fully saturated rings. The first-order valence-electron chi connectivity index (χ1n) is 5.86. The molecule has 100 valence electrons. The Kier molecular flexibility index (Phi) is 4.21. The molecule has 0 aliphatic carbocycles. The third kappa shape index (κ3) is 2.96. The average Bonchev–Trinajstić information content (AvgIpc) is 2.63.